The third kappa shape index (κ3) is 3.33. The molecule has 0 aliphatic rings. The summed E-state index contributed by atoms with van der Waals surface area (Å²) in [6.45, 7) is 0. The molecule has 0 aromatic heterocycles. The normalized spacial score (nSPS) is 12.1. The third-order valence-corrected chi connectivity index (χ3v) is 4.04. The van der Waals surface area contributed by atoms with Crippen LogP contribution in [0.3, 0.4) is 0 Å². The fourth-order valence-corrected chi connectivity index (χ4v) is 2.93. The zero-order chi connectivity index (χ0) is 13.6. The first-order valence-electron chi connectivity index (χ1n) is 4.64. The second kappa shape index (κ2) is 5.20. The van der Waals surface area contributed by atoms with Gasteiger partial charge >= 0.3 is 17.1 Å². The van der Waals surface area contributed by atoms with Gasteiger partial charge in [-0.15, -0.1) is 0 Å². The summed E-state index contributed by atoms with van der Waals surface area (Å²) < 4.78 is 65.9. The van der Waals surface area contributed by atoms with E-state index in [2.05, 4.69) is 0 Å². The molecule has 0 bridgehead atoms. The second-order valence-corrected chi connectivity index (χ2v) is 6.28. The molecule has 0 aliphatic carbocycles. The van der Waals surface area contributed by atoms with Crippen LogP contribution in [0.1, 0.15) is 0 Å². The average Bonchev–Trinajstić information content (AvgIpc) is 2.25. The zero-order valence-electron chi connectivity index (χ0n) is 9.08. The fraction of sp³-hybridized carbons (Fsp3) is 0. The Morgan fingerprint density at radius 3 is 1.95 bits per heavy atom. The van der Waals surface area contributed by atoms with Crippen LogP contribution in [0.15, 0.2) is 46.2 Å². The van der Waals surface area contributed by atoms with E-state index in [1.807, 2.05) is 0 Å². The molecule has 0 fully saturated rings. The maximum Gasteiger partial charge on any atom is 2.00 e. The molecule has 0 atom stereocenters. The van der Waals surface area contributed by atoms with Crippen molar-refractivity contribution in [2.45, 2.75) is 9.79 Å². The van der Waals surface area contributed by atoms with Crippen molar-refractivity contribution in [3.63, 3.8) is 0 Å². The van der Waals surface area contributed by atoms with Gasteiger partial charge in [0, 0.05) is 0 Å². The smallest absolute Gasteiger partial charge is 0.744 e. The van der Waals surface area contributed by atoms with Gasteiger partial charge in [0.05, 0.1) is 9.79 Å². The molecule has 0 radical (unpaired) electrons. The molecule has 0 saturated heterocycles. The summed E-state index contributed by atoms with van der Waals surface area (Å²) in [6, 6.07) is 7.44. The Morgan fingerprint density at radius 2 is 1.42 bits per heavy atom. The van der Waals surface area contributed by atoms with E-state index in [-0.39, 0.29) is 27.8 Å². The van der Waals surface area contributed by atoms with E-state index in [9.17, 15) is 25.9 Å². The van der Waals surface area contributed by atoms with E-state index in [0.717, 1.165) is 6.07 Å². The molecular weight excluding hydrogens is 336 g/mol. The minimum atomic E-state index is -4.87. The molecule has 0 aliphatic heterocycles. The van der Waals surface area contributed by atoms with Crippen LogP contribution in [0.2, 0.25) is 0 Å². The van der Waals surface area contributed by atoms with E-state index >= 15 is 0 Å². The van der Waals surface area contributed by atoms with E-state index < -0.39 is 30.0 Å². The Labute approximate surface area is 120 Å². The number of rotatable bonds is 2. The molecule has 0 saturated carbocycles. The quantitative estimate of drug-likeness (QED) is 0.584. The minimum absolute atomic E-state index is 0. The van der Waals surface area contributed by atoms with Crippen LogP contribution < -0.4 is 0 Å². The summed E-state index contributed by atoms with van der Waals surface area (Å²) in [6.07, 6.45) is 0. The van der Waals surface area contributed by atoms with Crippen LogP contribution in [0.25, 0.3) is 10.8 Å². The summed E-state index contributed by atoms with van der Waals surface area (Å²) in [7, 11) is -9.70. The van der Waals surface area contributed by atoms with Crippen molar-refractivity contribution in [1.29, 1.82) is 0 Å². The Balaban J connectivity index is 0.00000180. The van der Waals surface area contributed by atoms with Gasteiger partial charge in [0.1, 0.15) is 20.2 Å². The van der Waals surface area contributed by atoms with Gasteiger partial charge in [0.25, 0.3) is 0 Å². The van der Waals surface area contributed by atoms with Gasteiger partial charge in [0.15, 0.2) is 0 Å². The summed E-state index contributed by atoms with van der Waals surface area (Å²) in [5, 5.41) is 0.281. The van der Waals surface area contributed by atoms with Gasteiger partial charge in [-0.25, -0.2) is 16.8 Å². The van der Waals surface area contributed by atoms with E-state index in [1.54, 1.807) is 0 Å². The Bertz CT molecular complexity index is 826. The molecule has 2 aromatic carbocycles. The monoisotopic (exact) mass is 342 g/mol. The largest absolute Gasteiger partial charge is 2.00 e. The van der Waals surface area contributed by atoms with E-state index in [0.29, 0.717) is 6.07 Å². The summed E-state index contributed by atoms with van der Waals surface area (Å²) >= 11 is 0. The van der Waals surface area contributed by atoms with Crippen LogP contribution >= 0.6 is 0 Å². The van der Waals surface area contributed by atoms with Crippen LogP contribution in [-0.2, 0) is 37.3 Å². The first-order valence-corrected chi connectivity index (χ1v) is 7.46. The molecule has 2 aromatic rings. The van der Waals surface area contributed by atoms with Crippen LogP contribution in [0.4, 0.5) is 0 Å². The summed E-state index contributed by atoms with van der Waals surface area (Å²) in [4.78, 5) is -1.45. The van der Waals surface area contributed by atoms with Crippen LogP contribution in [0.5, 0.6) is 0 Å². The molecule has 2 rings (SSSR count). The first-order chi connectivity index (χ1) is 8.19. The second-order valence-electron chi connectivity index (χ2n) is 3.55. The standard InChI is InChI=1S/C10H8O6S2.Fe/c11-17(12,13)8-5-7-3-1-2-4-9(7)10(6-8)18(14,15)16;/h1-6H,(H,11,12,13)(H,14,15,16);/q;+2/p-2. The predicted octanol–water partition coefficient (Wildman–Crippen LogP) is 0.646. The summed E-state index contributed by atoms with van der Waals surface area (Å²) in [5.74, 6) is 0. The van der Waals surface area contributed by atoms with Crippen LogP contribution in [0, 0.1) is 0 Å². The maximum absolute atomic E-state index is 11.1. The Morgan fingerprint density at radius 1 is 0.842 bits per heavy atom. The molecule has 0 spiro atoms. The van der Waals surface area contributed by atoms with E-state index in [4.69, 9.17) is 0 Å². The van der Waals surface area contributed by atoms with Crippen molar-refractivity contribution in [1.82, 2.24) is 0 Å². The van der Waals surface area contributed by atoms with Crippen LogP contribution in [-0.4, -0.2) is 25.9 Å². The molecular formula is C10H6FeO6S2. The number of hydrogen-bond acceptors (Lipinski definition) is 6. The number of hydrogen-bond donors (Lipinski definition) is 0. The molecule has 0 unspecified atom stereocenters. The predicted molar refractivity (Wildman–Crippen MR) is 59.9 cm³/mol. The minimum Gasteiger partial charge on any atom is -0.744 e. The van der Waals surface area contributed by atoms with Crippen molar-refractivity contribution in [2.24, 2.45) is 0 Å². The first kappa shape index (κ1) is 16.1. The van der Waals surface area contributed by atoms with Gasteiger partial charge in [-0.1, -0.05) is 24.3 Å². The molecule has 0 amide bonds. The molecule has 9 heteroatoms. The molecule has 6 nitrogen and oxygen atoms in total. The zero-order valence-corrected chi connectivity index (χ0v) is 11.8. The van der Waals surface area contributed by atoms with Crippen molar-refractivity contribution < 1.29 is 43.0 Å². The van der Waals surface area contributed by atoms with Crippen molar-refractivity contribution >= 4 is 31.0 Å². The number of benzene rings is 2. The fourth-order valence-electron chi connectivity index (χ4n) is 1.60. The summed E-state index contributed by atoms with van der Waals surface area (Å²) in [5.41, 5.74) is 0. The SMILES string of the molecule is O=S(=O)([O-])c1cc(S(=O)(=O)[O-])c2ccccc2c1.[Fe+2]. The maximum atomic E-state index is 11.1. The Hall–Kier alpha value is -0.961. The molecule has 19 heavy (non-hydrogen) atoms. The van der Waals surface area contributed by atoms with Crippen molar-refractivity contribution in [2.75, 3.05) is 0 Å². The van der Waals surface area contributed by atoms with Crippen molar-refractivity contribution in [3.05, 3.63) is 36.4 Å². The topological polar surface area (TPSA) is 114 Å². The van der Waals surface area contributed by atoms with Gasteiger partial charge < -0.3 is 9.11 Å². The van der Waals surface area contributed by atoms with Gasteiger partial charge in [-0.05, 0) is 22.9 Å². The van der Waals surface area contributed by atoms with Crippen molar-refractivity contribution in [3.8, 4) is 0 Å². The third-order valence-electron chi connectivity index (χ3n) is 2.36. The van der Waals surface area contributed by atoms with E-state index in [1.165, 1.54) is 24.3 Å². The Kier molecular flexibility index (Phi) is 4.40. The molecule has 0 heterocycles. The molecule has 102 valence electrons. The van der Waals surface area contributed by atoms with Gasteiger partial charge in [0.2, 0.25) is 0 Å². The molecule has 0 N–H and O–H groups in total. The van der Waals surface area contributed by atoms with Gasteiger partial charge in [-0.3, -0.25) is 0 Å². The number of fused-ring (bicyclic) bond motifs is 1. The van der Waals surface area contributed by atoms with Gasteiger partial charge in [-0.2, -0.15) is 0 Å². The average molecular weight is 342 g/mol.